The number of fused-ring (bicyclic) bond motifs is 2. The van der Waals surface area contributed by atoms with Crippen molar-refractivity contribution in [3.63, 3.8) is 0 Å². The van der Waals surface area contributed by atoms with Gasteiger partial charge in [-0.1, -0.05) is 25.3 Å². The number of hydrogen-bond donors (Lipinski definition) is 0. The average molecular weight is 376 g/mol. The Kier molecular flexibility index (Phi) is 4.63. The van der Waals surface area contributed by atoms with Crippen LogP contribution in [0.15, 0.2) is 24.5 Å². The normalized spacial score (nSPS) is 18.5. The van der Waals surface area contributed by atoms with Crippen LogP contribution >= 0.6 is 0 Å². The molecule has 0 unspecified atom stereocenters. The van der Waals surface area contributed by atoms with Gasteiger partial charge < -0.3 is 4.40 Å². The molecular weight excluding hydrogens is 346 g/mol. The summed E-state index contributed by atoms with van der Waals surface area (Å²) in [5, 5.41) is 0. The Hall–Kier alpha value is -2.27. The Bertz CT molecular complexity index is 1000. The number of pyridine rings is 1. The van der Waals surface area contributed by atoms with Gasteiger partial charge in [-0.05, 0) is 38.3 Å². The predicted octanol–water partition coefficient (Wildman–Crippen LogP) is 4.35. The van der Waals surface area contributed by atoms with Crippen LogP contribution in [-0.2, 0) is 19.5 Å². The minimum atomic E-state index is 0.584. The van der Waals surface area contributed by atoms with E-state index in [1.807, 2.05) is 0 Å². The molecule has 1 fully saturated rings. The summed E-state index contributed by atoms with van der Waals surface area (Å²) in [7, 11) is 0. The summed E-state index contributed by atoms with van der Waals surface area (Å²) in [4.78, 5) is 17.0. The fourth-order valence-electron chi connectivity index (χ4n) is 4.80. The zero-order valence-corrected chi connectivity index (χ0v) is 17.0. The minimum Gasteiger partial charge on any atom is -0.302 e. The SMILES string of the molecule is Cc1ccc2nc(C)c(CN3CCc4nc(C5CCCCC5)ncc4C3)n2c1. The first-order valence-corrected chi connectivity index (χ1v) is 10.7. The first-order valence-electron chi connectivity index (χ1n) is 10.7. The molecule has 146 valence electrons. The van der Waals surface area contributed by atoms with E-state index in [4.69, 9.17) is 15.0 Å². The molecule has 1 saturated carbocycles. The van der Waals surface area contributed by atoms with Crippen molar-refractivity contribution in [2.75, 3.05) is 6.54 Å². The van der Waals surface area contributed by atoms with Crippen molar-refractivity contribution in [3.8, 4) is 0 Å². The van der Waals surface area contributed by atoms with Crippen LogP contribution in [0.4, 0.5) is 0 Å². The van der Waals surface area contributed by atoms with Crippen LogP contribution in [-0.4, -0.2) is 30.8 Å². The van der Waals surface area contributed by atoms with Crippen molar-refractivity contribution in [1.82, 2.24) is 24.3 Å². The maximum atomic E-state index is 4.99. The number of nitrogens with zero attached hydrogens (tertiary/aromatic N) is 5. The molecule has 0 radical (unpaired) electrons. The van der Waals surface area contributed by atoms with Gasteiger partial charge in [0.1, 0.15) is 11.5 Å². The third-order valence-corrected chi connectivity index (χ3v) is 6.44. The number of hydrogen-bond acceptors (Lipinski definition) is 4. The van der Waals surface area contributed by atoms with Gasteiger partial charge in [0, 0.05) is 55.6 Å². The van der Waals surface area contributed by atoms with E-state index >= 15 is 0 Å². The number of aromatic nitrogens is 4. The molecular formula is C23H29N5. The van der Waals surface area contributed by atoms with Crippen LogP contribution in [0.1, 0.15) is 72.1 Å². The van der Waals surface area contributed by atoms with Crippen molar-refractivity contribution >= 4 is 5.65 Å². The highest BCUT2D eigenvalue weighted by Crippen LogP contribution is 2.31. The summed E-state index contributed by atoms with van der Waals surface area (Å²) in [6, 6.07) is 4.24. The van der Waals surface area contributed by atoms with E-state index in [2.05, 4.69) is 47.7 Å². The van der Waals surface area contributed by atoms with Gasteiger partial charge in [-0.2, -0.15) is 0 Å². The number of imidazole rings is 1. The van der Waals surface area contributed by atoms with Gasteiger partial charge in [-0.3, -0.25) is 4.90 Å². The lowest BCUT2D eigenvalue weighted by molar-refractivity contribution is 0.238. The molecule has 0 saturated heterocycles. The van der Waals surface area contributed by atoms with E-state index in [-0.39, 0.29) is 0 Å². The fourth-order valence-corrected chi connectivity index (χ4v) is 4.80. The van der Waals surface area contributed by atoms with Gasteiger partial charge in [-0.25, -0.2) is 15.0 Å². The average Bonchev–Trinajstić information content (AvgIpc) is 3.03. The molecule has 5 nitrogen and oxygen atoms in total. The molecule has 3 aromatic rings. The van der Waals surface area contributed by atoms with E-state index < -0.39 is 0 Å². The lowest BCUT2D eigenvalue weighted by Gasteiger charge is -2.29. The minimum absolute atomic E-state index is 0.584. The largest absolute Gasteiger partial charge is 0.302 e. The smallest absolute Gasteiger partial charge is 0.137 e. The van der Waals surface area contributed by atoms with E-state index in [0.717, 1.165) is 43.2 Å². The monoisotopic (exact) mass is 375 g/mol. The first-order chi connectivity index (χ1) is 13.7. The van der Waals surface area contributed by atoms with Gasteiger partial charge in [0.15, 0.2) is 0 Å². The van der Waals surface area contributed by atoms with Gasteiger partial charge in [0.2, 0.25) is 0 Å². The van der Waals surface area contributed by atoms with Crippen LogP contribution in [0, 0.1) is 13.8 Å². The van der Waals surface area contributed by atoms with Crippen LogP contribution in [0.25, 0.3) is 5.65 Å². The quantitative estimate of drug-likeness (QED) is 0.683. The topological polar surface area (TPSA) is 46.3 Å². The van der Waals surface area contributed by atoms with Gasteiger partial charge in [0.25, 0.3) is 0 Å². The summed E-state index contributed by atoms with van der Waals surface area (Å²) in [6.45, 7) is 7.15. The Balaban J connectivity index is 1.35. The van der Waals surface area contributed by atoms with E-state index in [1.54, 1.807) is 0 Å². The second-order valence-corrected chi connectivity index (χ2v) is 8.57. The highest BCUT2D eigenvalue weighted by atomic mass is 15.2. The zero-order chi connectivity index (χ0) is 19.1. The van der Waals surface area contributed by atoms with Crippen LogP contribution in [0.3, 0.4) is 0 Å². The first kappa shape index (κ1) is 17.8. The Labute approximate surface area is 166 Å². The third-order valence-electron chi connectivity index (χ3n) is 6.44. The highest BCUT2D eigenvalue weighted by Gasteiger charge is 2.23. The van der Waals surface area contributed by atoms with Gasteiger partial charge in [-0.15, -0.1) is 0 Å². The van der Waals surface area contributed by atoms with Crippen LogP contribution < -0.4 is 0 Å². The summed E-state index contributed by atoms with van der Waals surface area (Å²) in [6.07, 6.45) is 11.9. The van der Waals surface area contributed by atoms with Crippen molar-refractivity contribution in [2.45, 2.75) is 71.4 Å². The standard InChI is InChI=1S/C23H29N5/c1-16-8-9-22-25-17(2)21(28(22)13-16)15-27-11-10-20-19(14-27)12-24-23(26-20)18-6-4-3-5-7-18/h8-9,12-13,18H,3-7,10-11,14-15H2,1-2H3. The fraction of sp³-hybridized carbons (Fsp3) is 0.522. The lowest BCUT2D eigenvalue weighted by Crippen LogP contribution is -2.32. The van der Waals surface area contributed by atoms with E-state index in [0.29, 0.717) is 5.92 Å². The summed E-state index contributed by atoms with van der Waals surface area (Å²) in [5.41, 5.74) is 7.29. The second kappa shape index (κ2) is 7.28. The molecule has 0 bridgehead atoms. The Morgan fingerprint density at radius 3 is 2.79 bits per heavy atom. The van der Waals surface area contributed by atoms with E-state index in [1.165, 1.54) is 54.6 Å². The molecule has 0 aromatic carbocycles. The molecule has 5 rings (SSSR count). The summed E-state index contributed by atoms with van der Waals surface area (Å²) < 4.78 is 2.25. The Morgan fingerprint density at radius 2 is 1.93 bits per heavy atom. The highest BCUT2D eigenvalue weighted by molar-refractivity contribution is 5.44. The lowest BCUT2D eigenvalue weighted by atomic mass is 9.88. The molecule has 4 heterocycles. The van der Waals surface area contributed by atoms with Crippen LogP contribution in [0.5, 0.6) is 0 Å². The molecule has 2 aliphatic rings. The molecule has 3 aromatic heterocycles. The van der Waals surface area contributed by atoms with Crippen molar-refractivity contribution in [3.05, 3.63) is 58.6 Å². The molecule has 1 aliphatic heterocycles. The predicted molar refractivity (Wildman–Crippen MR) is 110 cm³/mol. The van der Waals surface area contributed by atoms with Crippen LogP contribution in [0.2, 0.25) is 0 Å². The van der Waals surface area contributed by atoms with Gasteiger partial charge >= 0.3 is 0 Å². The molecule has 28 heavy (non-hydrogen) atoms. The summed E-state index contributed by atoms with van der Waals surface area (Å²) in [5.74, 6) is 1.68. The summed E-state index contributed by atoms with van der Waals surface area (Å²) >= 11 is 0. The maximum absolute atomic E-state index is 4.99. The molecule has 0 spiro atoms. The molecule has 0 atom stereocenters. The second-order valence-electron chi connectivity index (χ2n) is 8.57. The maximum Gasteiger partial charge on any atom is 0.137 e. The zero-order valence-electron chi connectivity index (χ0n) is 17.0. The van der Waals surface area contributed by atoms with Crippen molar-refractivity contribution in [2.24, 2.45) is 0 Å². The molecule has 0 amide bonds. The number of rotatable bonds is 3. The molecule has 0 N–H and O–H groups in total. The molecule has 1 aliphatic carbocycles. The Morgan fingerprint density at radius 1 is 1.07 bits per heavy atom. The van der Waals surface area contributed by atoms with Crippen molar-refractivity contribution in [1.29, 1.82) is 0 Å². The van der Waals surface area contributed by atoms with Crippen molar-refractivity contribution < 1.29 is 0 Å². The number of aryl methyl sites for hydroxylation is 2. The third kappa shape index (κ3) is 3.32. The van der Waals surface area contributed by atoms with E-state index in [9.17, 15) is 0 Å². The molecule has 5 heteroatoms. The van der Waals surface area contributed by atoms with Gasteiger partial charge in [0.05, 0.1) is 11.4 Å².